The molecule has 5 heteroatoms. The Hall–Kier alpha value is -2.14. The summed E-state index contributed by atoms with van der Waals surface area (Å²) >= 11 is 1.37. The predicted octanol–water partition coefficient (Wildman–Crippen LogP) is 2.85. The Kier molecular flexibility index (Phi) is 2.60. The van der Waals surface area contributed by atoms with Crippen LogP contribution in [0, 0.1) is 0 Å². The summed E-state index contributed by atoms with van der Waals surface area (Å²) < 4.78 is 6.74. The van der Waals surface area contributed by atoms with Crippen molar-refractivity contribution >= 4 is 23.0 Å². The number of pyridine rings is 1. The molecule has 0 atom stereocenters. The Morgan fingerprint density at radius 3 is 3.11 bits per heavy atom. The van der Waals surface area contributed by atoms with E-state index in [0.717, 1.165) is 16.9 Å². The standard InChI is InChI=1S/C13H10N2O2S/c1-17-13(16)12-9(5-7-18-12)10-8-14-11-4-2-3-6-15(10)11/h2-8H,1H3. The molecule has 3 aromatic rings. The summed E-state index contributed by atoms with van der Waals surface area (Å²) in [4.78, 5) is 16.6. The van der Waals surface area contributed by atoms with Gasteiger partial charge in [0.25, 0.3) is 0 Å². The minimum Gasteiger partial charge on any atom is -0.465 e. The van der Waals surface area contributed by atoms with Gasteiger partial charge in [0, 0.05) is 11.8 Å². The van der Waals surface area contributed by atoms with Crippen LogP contribution in [0.3, 0.4) is 0 Å². The molecule has 0 unspecified atom stereocenters. The average molecular weight is 258 g/mol. The topological polar surface area (TPSA) is 43.6 Å². The summed E-state index contributed by atoms with van der Waals surface area (Å²) in [5.74, 6) is -0.314. The smallest absolute Gasteiger partial charge is 0.348 e. The van der Waals surface area contributed by atoms with Gasteiger partial charge < -0.3 is 4.74 Å². The summed E-state index contributed by atoms with van der Waals surface area (Å²) in [5, 5.41) is 1.88. The van der Waals surface area contributed by atoms with Gasteiger partial charge in [0.2, 0.25) is 0 Å². The van der Waals surface area contributed by atoms with Gasteiger partial charge >= 0.3 is 5.97 Å². The number of hydrogen-bond donors (Lipinski definition) is 0. The minimum absolute atomic E-state index is 0.314. The van der Waals surface area contributed by atoms with E-state index in [1.807, 2.05) is 40.2 Å². The lowest BCUT2D eigenvalue weighted by Crippen LogP contribution is -2.00. The number of aromatic nitrogens is 2. The Morgan fingerprint density at radius 1 is 1.39 bits per heavy atom. The van der Waals surface area contributed by atoms with E-state index in [1.165, 1.54) is 18.4 Å². The zero-order valence-electron chi connectivity index (χ0n) is 9.66. The molecule has 18 heavy (non-hydrogen) atoms. The highest BCUT2D eigenvalue weighted by atomic mass is 32.1. The maximum absolute atomic E-state index is 11.7. The summed E-state index contributed by atoms with van der Waals surface area (Å²) in [6.45, 7) is 0. The molecular formula is C13H10N2O2S. The predicted molar refractivity (Wildman–Crippen MR) is 69.8 cm³/mol. The van der Waals surface area contributed by atoms with Gasteiger partial charge in [-0.15, -0.1) is 11.3 Å². The summed E-state index contributed by atoms with van der Waals surface area (Å²) in [7, 11) is 1.39. The van der Waals surface area contributed by atoms with Crippen molar-refractivity contribution in [1.29, 1.82) is 0 Å². The number of carbonyl (C=O) groups excluding carboxylic acids is 1. The fourth-order valence-corrected chi connectivity index (χ4v) is 2.71. The maximum Gasteiger partial charge on any atom is 0.348 e. The average Bonchev–Trinajstić information content (AvgIpc) is 3.03. The van der Waals surface area contributed by atoms with Crippen molar-refractivity contribution in [3.63, 3.8) is 0 Å². The van der Waals surface area contributed by atoms with Gasteiger partial charge in [-0.25, -0.2) is 9.78 Å². The van der Waals surface area contributed by atoms with Crippen LogP contribution in [0.2, 0.25) is 0 Å². The molecule has 0 aliphatic carbocycles. The van der Waals surface area contributed by atoms with Crippen molar-refractivity contribution in [3.05, 3.63) is 46.9 Å². The molecule has 4 nitrogen and oxygen atoms in total. The number of fused-ring (bicyclic) bond motifs is 1. The first-order valence-electron chi connectivity index (χ1n) is 5.39. The van der Waals surface area contributed by atoms with Crippen molar-refractivity contribution in [2.24, 2.45) is 0 Å². The highest BCUT2D eigenvalue weighted by molar-refractivity contribution is 7.12. The van der Waals surface area contributed by atoms with E-state index in [0.29, 0.717) is 4.88 Å². The highest BCUT2D eigenvalue weighted by Crippen LogP contribution is 2.29. The van der Waals surface area contributed by atoms with Gasteiger partial charge in [-0.3, -0.25) is 4.40 Å². The van der Waals surface area contributed by atoms with Crippen LogP contribution < -0.4 is 0 Å². The van der Waals surface area contributed by atoms with Gasteiger partial charge in [0.1, 0.15) is 10.5 Å². The van der Waals surface area contributed by atoms with Gasteiger partial charge in [0.05, 0.1) is 19.0 Å². The normalized spacial score (nSPS) is 10.7. The minimum atomic E-state index is -0.314. The van der Waals surface area contributed by atoms with Crippen LogP contribution in [0.15, 0.2) is 42.0 Å². The molecule has 0 spiro atoms. The number of nitrogens with zero attached hydrogens (tertiary/aromatic N) is 2. The summed E-state index contributed by atoms with van der Waals surface area (Å²) in [5.41, 5.74) is 2.60. The van der Waals surface area contributed by atoms with Crippen molar-refractivity contribution in [3.8, 4) is 11.3 Å². The summed E-state index contributed by atoms with van der Waals surface area (Å²) in [6, 6.07) is 7.70. The largest absolute Gasteiger partial charge is 0.465 e. The Balaban J connectivity index is 2.21. The fourth-order valence-electron chi connectivity index (χ4n) is 1.89. The second kappa shape index (κ2) is 4.27. The molecule has 90 valence electrons. The zero-order valence-corrected chi connectivity index (χ0v) is 10.5. The van der Waals surface area contributed by atoms with Crippen LogP contribution in [0.4, 0.5) is 0 Å². The molecule has 3 rings (SSSR count). The number of methoxy groups -OCH3 is 1. The van der Waals surface area contributed by atoms with Gasteiger partial charge in [-0.05, 0) is 23.6 Å². The third kappa shape index (κ3) is 1.60. The van der Waals surface area contributed by atoms with E-state index < -0.39 is 0 Å². The molecule has 0 aliphatic heterocycles. The Labute approximate surface area is 107 Å². The van der Waals surface area contributed by atoms with Gasteiger partial charge in [0.15, 0.2) is 0 Å². The molecule has 0 bridgehead atoms. The number of rotatable bonds is 2. The molecule has 0 N–H and O–H groups in total. The van der Waals surface area contributed by atoms with Crippen LogP contribution in [-0.2, 0) is 4.74 Å². The quantitative estimate of drug-likeness (QED) is 0.664. The first-order chi connectivity index (χ1) is 8.81. The molecule has 0 radical (unpaired) electrons. The number of ether oxygens (including phenoxy) is 1. The summed E-state index contributed by atoms with van der Waals surface area (Å²) in [6.07, 6.45) is 3.69. The first-order valence-corrected chi connectivity index (χ1v) is 6.27. The monoisotopic (exact) mass is 258 g/mol. The van der Waals surface area contributed by atoms with Crippen LogP contribution in [-0.4, -0.2) is 22.5 Å². The SMILES string of the molecule is COC(=O)c1sccc1-c1cnc2ccccn12. The molecule has 0 saturated carbocycles. The van der Waals surface area contributed by atoms with E-state index >= 15 is 0 Å². The van der Waals surface area contributed by atoms with Crippen molar-refractivity contribution in [2.45, 2.75) is 0 Å². The lowest BCUT2D eigenvalue weighted by atomic mass is 10.2. The van der Waals surface area contributed by atoms with E-state index in [-0.39, 0.29) is 5.97 Å². The number of hydrogen-bond acceptors (Lipinski definition) is 4. The molecule has 3 aromatic heterocycles. The van der Waals surface area contributed by atoms with E-state index in [1.54, 1.807) is 6.20 Å². The first kappa shape index (κ1) is 11.0. The Morgan fingerprint density at radius 2 is 2.28 bits per heavy atom. The molecule has 0 fully saturated rings. The third-order valence-corrected chi connectivity index (χ3v) is 3.62. The van der Waals surface area contributed by atoms with Crippen molar-refractivity contribution in [2.75, 3.05) is 7.11 Å². The number of esters is 1. The van der Waals surface area contributed by atoms with Gasteiger partial charge in [-0.2, -0.15) is 0 Å². The van der Waals surface area contributed by atoms with E-state index in [2.05, 4.69) is 4.98 Å². The maximum atomic E-state index is 11.7. The molecular weight excluding hydrogens is 248 g/mol. The second-order valence-corrected chi connectivity index (χ2v) is 4.64. The number of imidazole rings is 1. The molecule has 3 heterocycles. The number of carbonyl (C=O) groups is 1. The lowest BCUT2D eigenvalue weighted by molar-refractivity contribution is 0.0607. The molecule has 0 aromatic carbocycles. The lowest BCUT2D eigenvalue weighted by Gasteiger charge is -2.02. The molecule has 0 saturated heterocycles. The van der Waals surface area contributed by atoms with Crippen molar-refractivity contribution < 1.29 is 9.53 Å². The molecule has 0 aliphatic rings. The zero-order chi connectivity index (χ0) is 12.5. The molecule has 0 amide bonds. The van der Waals surface area contributed by atoms with Crippen LogP contribution >= 0.6 is 11.3 Å². The third-order valence-electron chi connectivity index (χ3n) is 2.73. The van der Waals surface area contributed by atoms with Crippen LogP contribution in [0.5, 0.6) is 0 Å². The second-order valence-electron chi connectivity index (χ2n) is 3.73. The Bertz CT molecular complexity index is 714. The fraction of sp³-hybridized carbons (Fsp3) is 0.0769. The van der Waals surface area contributed by atoms with Crippen LogP contribution in [0.1, 0.15) is 9.67 Å². The number of thiophene rings is 1. The van der Waals surface area contributed by atoms with E-state index in [9.17, 15) is 4.79 Å². The highest BCUT2D eigenvalue weighted by Gasteiger charge is 2.17. The van der Waals surface area contributed by atoms with E-state index in [4.69, 9.17) is 4.74 Å². The van der Waals surface area contributed by atoms with Crippen LogP contribution in [0.25, 0.3) is 16.9 Å². The van der Waals surface area contributed by atoms with Crippen molar-refractivity contribution in [1.82, 2.24) is 9.38 Å². The van der Waals surface area contributed by atoms with Gasteiger partial charge in [-0.1, -0.05) is 6.07 Å².